The summed E-state index contributed by atoms with van der Waals surface area (Å²) < 4.78 is 12.9. The van der Waals surface area contributed by atoms with E-state index in [1.165, 1.54) is 23.9 Å². The number of rotatable bonds is 5. The van der Waals surface area contributed by atoms with Gasteiger partial charge in [-0.2, -0.15) is 0 Å². The summed E-state index contributed by atoms with van der Waals surface area (Å²) >= 11 is 6.98. The summed E-state index contributed by atoms with van der Waals surface area (Å²) in [6.45, 7) is 3.73. The van der Waals surface area contributed by atoms with Gasteiger partial charge in [0.1, 0.15) is 11.1 Å². The highest BCUT2D eigenvalue weighted by atomic mass is 35.5. The molecule has 0 bridgehead atoms. The fourth-order valence-electron chi connectivity index (χ4n) is 1.36. The van der Waals surface area contributed by atoms with Gasteiger partial charge in [-0.05, 0) is 23.6 Å². The Morgan fingerprint density at radius 3 is 2.65 bits per heavy atom. The summed E-state index contributed by atoms with van der Waals surface area (Å²) in [6, 6.07) is 4.44. The van der Waals surface area contributed by atoms with Crippen LogP contribution in [0.25, 0.3) is 0 Å². The van der Waals surface area contributed by atoms with Gasteiger partial charge in [-0.1, -0.05) is 31.5 Å². The normalized spacial score (nSPS) is 12.8. The minimum Gasteiger partial charge on any atom is -0.480 e. The van der Waals surface area contributed by atoms with Crippen LogP contribution in [0.15, 0.2) is 18.2 Å². The number of carbonyl (C=O) groups is 1. The van der Waals surface area contributed by atoms with Crippen LogP contribution in [-0.4, -0.2) is 16.3 Å². The Bertz CT molecular complexity index is 409. The van der Waals surface area contributed by atoms with Crippen LogP contribution < -0.4 is 0 Å². The molecule has 94 valence electrons. The topological polar surface area (TPSA) is 37.3 Å². The number of hydrogen-bond donors (Lipinski definition) is 1. The average Bonchev–Trinajstić information content (AvgIpc) is 2.22. The van der Waals surface area contributed by atoms with Crippen molar-refractivity contribution in [1.29, 1.82) is 0 Å². The molecule has 0 spiro atoms. The molecule has 17 heavy (non-hydrogen) atoms. The summed E-state index contributed by atoms with van der Waals surface area (Å²) in [5, 5.41) is 8.62. The second-order valence-electron chi connectivity index (χ2n) is 4.06. The lowest BCUT2D eigenvalue weighted by atomic mass is 10.1. The van der Waals surface area contributed by atoms with Crippen LogP contribution in [0.1, 0.15) is 19.4 Å². The SMILES string of the molecule is CC(C)C(SCc1ccc(F)c(Cl)c1)C(=O)O. The Labute approximate surface area is 109 Å². The maximum absolute atomic E-state index is 12.9. The maximum Gasteiger partial charge on any atom is 0.316 e. The predicted octanol–water partition coefficient (Wildman–Crippen LogP) is 3.82. The fourth-order valence-corrected chi connectivity index (χ4v) is 2.65. The second-order valence-corrected chi connectivity index (χ2v) is 5.60. The van der Waals surface area contributed by atoms with Crippen molar-refractivity contribution in [3.05, 3.63) is 34.6 Å². The predicted molar refractivity (Wildman–Crippen MR) is 69.0 cm³/mol. The molecule has 0 radical (unpaired) electrons. The van der Waals surface area contributed by atoms with Gasteiger partial charge in [-0.25, -0.2) is 4.39 Å². The molecule has 0 heterocycles. The van der Waals surface area contributed by atoms with Crippen molar-refractivity contribution in [2.45, 2.75) is 24.9 Å². The first-order valence-electron chi connectivity index (χ1n) is 5.20. The van der Waals surface area contributed by atoms with Crippen LogP contribution in [0, 0.1) is 11.7 Å². The van der Waals surface area contributed by atoms with E-state index in [9.17, 15) is 9.18 Å². The zero-order valence-electron chi connectivity index (χ0n) is 9.61. The Hall–Kier alpha value is -0.740. The van der Waals surface area contributed by atoms with E-state index in [-0.39, 0.29) is 10.9 Å². The summed E-state index contributed by atoms with van der Waals surface area (Å²) in [6.07, 6.45) is 0. The molecular formula is C12H14ClFO2S. The van der Waals surface area contributed by atoms with E-state index in [1.807, 2.05) is 13.8 Å². The van der Waals surface area contributed by atoms with Gasteiger partial charge >= 0.3 is 5.97 Å². The smallest absolute Gasteiger partial charge is 0.316 e. The van der Waals surface area contributed by atoms with Gasteiger partial charge in [-0.15, -0.1) is 11.8 Å². The Balaban J connectivity index is 2.65. The summed E-state index contributed by atoms with van der Waals surface area (Å²) in [5.41, 5.74) is 0.827. The van der Waals surface area contributed by atoms with Crippen molar-refractivity contribution in [2.24, 2.45) is 5.92 Å². The molecule has 0 aliphatic rings. The first-order chi connectivity index (χ1) is 7.91. The monoisotopic (exact) mass is 276 g/mol. The standard InChI is InChI=1S/C12H14ClFO2S/c1-7(2)11(12(15)16)17-6-8-3-4-10(14)9(13)5-8/h3-5,7,11H,6H2,1-2H3,(H,15,16). The lowest BCUT2D eigenvalue weighted by Gasteiger charge is -2.15. The minimum absolute atomic E-state index is 0.0495. The molecule has 1 aromatic rings. The molecule has 0 saturated carbocycles. The number of carboxylic acid groups (broad SMARTS) is 1. The van der Waals surface area contributed by atoms with Crippen molar-refractivity contribution in [3.8, 4) is 0 Å². The van der Waals surface area contributed by atoms with E-state index in [2.05, 4.69) is 0 Å². The molecule has 5 heteroatoms. The average molecular weight is 277 g/mol. The second kappa shape index (κ2) is 6.26. The first-order valence-corrected chi connectivity index (χ1v) is 6.63. The Kier molecular flexibility index (Phi) is 5.28. The molecule has 1 aromatic carbocycles. The molecule has 2 nitrogen and oxygen atoms in total. The molecule has 1 atom stereocenters. The van der Waals surface area contributed by atoms with Crippen LogP contribution in [0.5, 0.6) is 0 Å². The molecule has 1 rings (SSSR count). The van der Waals surface area contributed by atoms with Gasteiger partial charge < -0.3 is 5.11 Å². The van der Waals surface area contributed by atoms with E-state index in [0.717, 1.165) is 5.56 Å². The van der Waals surface area contributed by atoms with Crippen molar-refractivity contribution in [1.82, 2.24) is 0 Å². The fraction of sp³-hybridized carbons (Fsp3) is 0.417. The van der Waals surface area contributed by atoms with E-state index >= 15 is 0 Å². The highest BCUT2D eigenvalue weighted by Gasteiger charge is 2.21. The highest BCUT2D eigenvalue weighted by Crippen LogP contribution is 2.26. The van der Waals surface area contributed by atoms with E-state index in [1.54, 1.807) is 6.07 Å². The first kappa shape index (κ1) is 14.3. The number of aliphatic carboxylic acids is 1. The number of halogens is 2. The summed E-state index contributed by atoms with van der Waals surface area (Å²) in [7, 11) is 0. The maximum atomic E-state index is 12.9. The lowest BCUT2D eigenvalue weighted by Crippen LogP contribution is -2.22. The molecule has 0 saturated heterocycles. The van der Waals surface area contributed by atoms with Gasteiger partial charge in [0.15, 0.2) is 0 Å². The number of carboxylic acids is 1. The Morgan fingerprint density at radius 2 is 2.18 bits per heavy atom. The van der Waals surface area contributed by atoms with Crippen LogP contribution in [-0.2, 0) is 10.5 Å². The third-order valence-electron chi connectivity index (χ3n) is 2.26. The zero-order chi connectivity index (χ0) is 13.0. The molecular weight excluding hydrogens is 263 g/mol. The van der Waals surface area contributed by atoms with Gasteiger partial charge in [0, 0.05) is 5.75 Å². The molecule has 0 aromatic heterocycles. The van der Waals surface area contributed by atoms with Crippen molar-refractivity contribution in [3.63, 3.8) is 0 Å². The van der Waals surface area contributed by atoms with Gasteiger partial charge in [-0.3, -0.25) is 4.79 Å². The van der Waals surface area contributed by atoms with Gasteiger partial charge in [0.05, 0.1) is 5.02 Å². The van der Waals surface area contributed by atoms with Crippen LogP contribution in [0.2, 0.25) is 5.02 Å². The van der Waals surface area contributed by atoms with Gasteiger partial charge in [0.25, 0.3) is 0 Å². The summed E-state index contributed by atoms with van der Waals surface area (Å²) in [4.78, 5) is 11.0. The van der Waals surface area contributed by atoms with Crippen LogP contribution in [0.3, 0.4) is 0 Å². The quantitative estimate of drug-likeness (QED) is 0.888. The van der Waals surface area contributed by atoms with Crippen LogP contribution in [0.4, 0.5) is 4.39 Å². The largest absolute Gasteiger partial charge is 0.480 e. The number of hydrogen-bond acceptors (Lipinski definition) is 2. The molecule has 0 fully saturated rings. The molecule has 0 aliphatic carbocycles. The van der Waals surface area contributed by atoms with Gasteiger partial charge in [0.2, 0.25) is 0 Å². The molecule has 1 N–H and O–H groups in total. The van der Waals surface area contributed by atoms with E-state index < -0.39 is 17.0 Å². The van der Waals surface area contributed by atoms with E-state index in [0.29, 0.717) is 5.75 Å². The van der Waals surface area contributed by atoms with E-state index in [4.69, 9.17) is 16.7 Å². The lowest BCUT2D eigenvalue weighted by molar-refractivity contribution is -0.137. The number of benzene rings is 1. The zero-order valence-corrected chi connectivity index (χ0v) is 11.2. The number of thioether (sulfide) groups is 1. The third kappa shape index (κ3) is 4.21. The van der Waals surface area contributed by atoms with Crippen LogP contribution >= 0.6 is 23.4 Å². The highest BCUT2D eigenvalue weighted by molar-refractivity contribution is 7.99. The summed E-state index contributed by atoms with van der Waals surface area (Å²) in [5.74, 6) is -0.722. The van der Waals surface area contributed by atoms with Crippen molar-refractivity contribution < 1.29 is 14.3 Å². The Morgan fingerprint density at radius 1 is 1.53 bits per heavy atom. The molecule has 1 unspecified atom stereocenters. The molecule has 0 amide bonds. The molecule has 0 aliphatic heterocycles. The van der Waals surface area contributed by atoms with Crippen molar-refractivity contribution in [2.75, 3.05) is 0 Å². The van der Waals surface area contributed by atoms with Crippen molar-refractivity contribution >= 4 is 29.3 Å². The third-order valence-corrected chi connectivity index (χ3v) is 4.16. The minimum atomic E-state index is -0.821.